The second kappa shape index (κ2) is 12.8. The minimum atomic E-state index is -0.806. The lowest BCUT2D eigenvalue weighted by atomic mass is 9.94. The molecule has 48 heavy (non-hydrogen) atoms. The van der Waals surface area contributed by atoms with Gasteiger partial charge in [0.2, 0.25) is 5.95 Å². The van der Waals surface area contributed by atoms with Crippen LogP contribution in [0.2, 0.25) is 0 Å². The van der Waals surface area contributed by atoms with E-state index >= 15 is 8.78 Å². The Morgan fingerprint density at radius 2 is 1.94 bits per heavy atom. The average molecular weight is 680 g/mol. The number of anilines is 2. The van der Waals surface area contributed by atoms with Crippen molar-refractivity contribution in [1.29, 1.82) is 5.26 Å². The summed E-state index contributed by atoms with van der Waals surface area (Å²) in [7, 11) is 1.69. The van der Waals surface area contributed by atoms with Crippen LogP contribution in [0, 0.1) is 23.0 Å². The van der Waals surface area contributed by atoms with Gasteiger partial charge < -0.3 is 23.8 Å². The Morgan fingerprint density at radius 3 is 2.71 bits per heavy atom. The maximum Gasteiger partial charge on any atom is 0.412 e. The second-order valence-corrected chi connectivity index (χ2v) is 14.0. The van der Waals surface area contributed by atoms with Crippen molar-refractivity contribution in [2.45, 2.75) is 58.2 Å². The molecule has 0 spiro atoms. The van der Waals surface area contributed by atoms with E-state index in [1.807, 2.05) is 4.90 Å². The van der Waals surface area contributed by atoms with Crippen molar-refractivity contribution in [1.82, 2.24) is 19.9 Å². The van der Waals surface area contributed by atoms with E-state index in [1.165, 1.54) is 0 Å². The molecule has 15 heteroatoms. The minimum absolute atomic E-state index is 0.0470. The molecule has 2 fully saturated rings. The van der Waals surface area contributed by atoms with Crippen molar-refractivity contribution in [3.05, 3.63) is 40.7 Å². The first-order valence-corrected chi connectivity index (χ1v) is 16.6. The lowest BCUT2D eigenvalue weighted by Gasteiger charge is -2.29. The number of rotatable bonds is 5. The normalized spacial score (nSPS) is 20.2. The summed E-state index contributed by atoms with van der Waals surface area (Å²) in [5, 5.41) is 13.5. The maximum atomic E-state index is 17.0. The van der Waals surface area contributed by atoms with E-state index < -0.39 is 23.3 Å². The molecule has 0 bridgehead atoms. The molecule has 2 atom stereocenters. The number of hydrogen-bond donors (Lipinski definition) is 1. The summed E-state index contributed by atoms with van der Waals surface area (Å²) >= 11 is 0.857. The molecule has 2 saturated heterocycles. The van der Waals surface area contributed by atoms with Gasteiger partial charge in [-0.3, -0.25) is 15.2 Å². The number of carbonyl (C=O) groups is 1. The maximum absolute atomic E-state index is 17.0. The van der Waals surface area contributed by atoms with Crippen LogP contribution >= 0.6 is 11.3 Å². The van der Waals surface area contributed by atoms with Gasteiger partial charge in [0.05, 0.1) is 54.1 Å². The Kier molecular flexibility index (Phi) is 8.63. The molecule has 3 aromatic heterocycles. The van der Waals surface area contributed by atoms with Gasteiger partial charge in [-0.25, -0.2) is 23.5 Å². The number of benzene rings is 1. The van der Waals surface area contributed by atoms with E-state index in [4.69, 9.17) is 23.9 Å². The van der Waals surface area contributed by atoms with Gasteiger partial charge in [0.1, 0.15) is 22.2 Å². The summed E-state index contributed by atoms with van der Waals surface area (Å²) in [6.07, 6.45) is 2.64. The predicted molar refractivity (Wildman–Crippen MR) is 175 cm³/mol. The number of nitrogens with zero attached hydrogens (tertiary/aromatic N) is 6. The van der Waals surface area contributed by atoms with Crippen LogP contribution in [0.3, 0.4) is 0 Å². The lowest BCUT2D eigenvalue weighted by molar-refractivity contribution is 0.0421. The molecule has 12 nitrogen and oxygen atoms in total. The smallest absolute Gasteiger partial charge is 0.412 e. The fourth-order valence-corrected chi connectivity index (χ4v) is 7.79. The highest BCUT2D eigenvalue weighted by Gasteiger charge is 2.39. The van der Waals surface area contributed by atoms with Crippen LogP contribution in [0.1, 0.15) is 43.9 Å². The summed E-state index contributed by atoms with van der Waals surface area (Å²) in [4.78, 5) is 30.7. The number of hydrogen-bond acceptors (Lipinski definition) is 12. The standard InChI is InChI=1S/C33H35F2N7O5S/c1-33(2,3)47-32(43)40-30-17(10-36)25-28(37-12-21(34)29(25)48-30)24-20-16-46-15-19(20)18-11-38-31(39-27(18)26(24)35)42-13-22(23(14-42)44-4)41-6-5-8-45-9-7-41/h11-12,22-23H,5-9,13-16H2,1-4H3,(H,40,43). The molecule has 0 radical (unpaired) electrons. The highest BCUT2D eigenvalue weighted by molar-refractivity contribution is 7.23. The number of nitrogens with one attached hydrogen (secondary N) is 1. The van der Waals surface area contributed by atoms with Crippen LogP contribution in [-0.2, 0) is 32.2 Å². The molecule has 1 aromatic carbocycles. The molecular formula is C33H35F2N7O5S. The first kappa shape index (κ1) is 32.5. The Labute approximate surface area is 279 Å². The summed E-state index contributed by atoms with van der Waals surface area (Å²) < 4.78 is 54.9. The van der Waals surface area contributed by atoms with Crippen LogP contribution < -0.4 is 10.2 Å². The van der Waals surface area contributed by atoms with Crippen LogP contribution in [0.15, 0.2) is 12.4 Å². The van der Waals surface area contributed by atoms with Crippen molar-refractivity contribution in [3.63, 3.8) is 0 Å². The lowest BCUT2D eigenvalue weighted by Crippen LogP contribution is -2.45. The Hall–Kier alpha value is -4.07. The number of methoxy groups -OCH3 is 1. The third kappa shape index (κ3) is 5.81. The van der Waals surface area contributed by atoms with E-state index in [0.29, 0.717) is 42.2 Å². The SMILES string of the molecule is COC1CN(c2ncc3c4c(c(-c5ncc(F)c6sc(NC(=O)OC(C)(C)C)c(C#N)c56)c(F)c3n2)COC4)CC1N1CCCOCC1. The summed E-state index contributed by atoms with van der Waals surface area (Å²) in [6, 6.07) is 2.15. The zero-order chi connectivity index (χ0) is 33.7. The third-order valence-electron chi connectivity index (χ3n) is 8.87. The highest BCUT2D eigenvalue weighted by atomic mass is 32.1. The molecule has 1 N–H and O–H groups in total. The van der Waals surface area contributed by atoms with E-state index in [1.54, 1.807) is 34.1 Å². The topological polar surface area (TPSA) is 135 Å². The largest absolute Gasteiger partial charge is 0.444 e. The molecule has 3 aliphatic rings. The Bertz CT molecular complexity index is 1950. The van der Waals surface area contributed by atoms with Crippen molar-refractivity contribution in [3.8, 4) is 17.3 Å². The van der Waals surface area contributed by atoms with E-state index in [0.717, 1.165) is 43.7 Å². The number of fused-ring (bicyclic) bond motifs is 4. The summed E-state index contributed by atoms with van der Waals surface area (Å²) in [5.74, 6) is -1.03. The first-order valence-electron chi connectivity index (χ1n) is 15.8. The van der Waals surface area contributed by atoms with Crippen molar-refractivity contribution < 1.29 is 32.5 Å². The molecule has 3 aliphatic heterocycles. The average Bonchev–Trinajstić information content (AvgIpc) is 3.74. The van der Waals surface area contributed by atoms with Crippen LogP contribution in [0.25, 0.3) is 32.2 Å². The Morgan fingerprint density at radius 1 is 1.12 bits per heavy atom. The fraction of sp³-hybridized carbons (Fsp3) is 0.485. The van der Waals surface area contributed by atoms with E-state index in [9.17, 15) is 10.1 Å². The minimum Gasteiger partial charge on any atom is -0.444 e. The van der Waals surface area contributed by atoms with Gasteiger partial charge in [0, 0.05) is 62.4 Å². The van der Waals surface area contributed by atoms with Crippen LogP contribution in [-0.4, -0.2) is 90.2 Å². The number of halogens is 2. The predicted octanol–water partition coefficient (Wildman–Crippen LogP) is 5.36. The molecular weight excluding hydrogens is 644 g/mol. The van der Waals surface area contributed by atoms with Crippen LogP contribution in [0.4, 0.5) is 24.5 Å². The number of carbonyl (C=O) groups excluding carboxylic acids is 1. The van der Waals surface area contributed by atoms with Crippen LogP contribution in [0.5, 0.6) is 0 Å². The number of aromatic nitrogens is 3. The zero-order valence-corrected chi connectivity index (χ0v) is 27.9. The third-order valence-corrected chi connectivity index (χ3v) is 9.98. The molecule has 252 valence electrons. The number of pyridine rings is 1. The zero-order valence-electron chi connectivity index (χ0n) is 27.1. The van der Waals surface area contributed by atoms with Crippen molar-refractivity contribution >= 4 is 49.4 Å². The number of ether oxygens (including phenoxy) is 4. The molecule has 1 amide bonds. The van der Waals surface area contributed by atoms with Gasteiger partial charge in [-0.05, 0) is 38.3 Å². The van der Waals surface area contributed by atoms with Gasteiger partial charge in [0.25, 0.3) is 0 Å². The van der Waals surface area contributed by atoms with E-state index in [-0.39, 0.29) is 62.8 Å². The molecule has 6 heterocycles. The summed E-state index contributed by atoms with van der Waals surface area (Å²) in [5.41, 5.74) is 0.571. The van der Waals surface area contributed by atoms with Crippen molar-refractivity contribution in [2.24, 2.45) is 0 Å². The summed E-state index contributed by atoms with van der Waals surface area (Å²) in [6.45, 7) is 9.58. The monoisotopic (exact) mass is 679 g/mol. The fourth-order valence-electron chi connectivity index (χ4n) is 6.75. The van der Waals surface area contributed by atoms with Gasteiger partial charge in [0.15, 0.2) is 11.6 Å². The number of nitriles is 1. The molecule has 7 rings (SSSR count). The van der Waals surface area contributed by atoms with Gasteiger partial charge in [-0.1, -0.05) is 0 Å². The molecule has 4 aromatic rings. The molecule has 0 aliphatic carbocycles. The Balaban J connectivity index is 1.33. The first-order chi connectivity index (χ1) is 23.1. The molecule has 2 unspecified atom stereocenters. The van der Waals surface area contributed by atoms with Gasteiger partial charge in [-0.2, -0.15) is 5.26 Å². The van der Waals surface area contributed by atoms with E-state index in [2.05, 4.69) is 26.3 Å². The quantitative estimate of drug-likeness (QED) is 0.292. The van der Waals surface area contributed by atoms with Gasteiger partial charge in [-0.15, -0.1) is 11.3 Å². The van der Waals surface area contributed by atoms with Crippen molar-refractivity contribution in [2.75, 3.05) is 56.7 Å². The van der Waals surface area contributed by atoms with Gasteiger partial charge >= 0.3 is 6.09 Å². The number of thiophene rings is 1. The molecule has 0 saturated carbocycles. The highest BCUT2D eigenvalue weighted by Crippen LogP contribution is 2.46. The number of amides is 1. The second-order valence-electron chi connectivity index (χ2n) is 13.0.